The summed E-state index contributed by atoms with van der Waals surface area (Å²) in [4.78, 5) is 34.6. The molecule has 0 fully saturated rings. The number of carbonyl (C=O) groups is 2. The van der Waals surface area contributed by atoms with Gasteiger partial charge in [-0.3, -0.25) is 14.2 Å². The number of carbonyl (C=O) groups excluding carboxylic acids is 2. The fourth-order valence-corrected chi connectivity index (χ4v) is 6.34. The molecule has 4 nitrogen and oxygen atoms in total. The molecule has 0 aromatic rings. The van der Waals surface area contributed by atoms with Gasteiger partial charge < -0.3 is 4.89 Å². The van der Waals surface area contributed by atoms with Crippen molar-refractivity contribution in [3.63, 3.8) is 0 Å². The Kier molecular flexibility index (Phi) is 29.7. The van der Waals surface area contributed by atoms with E-state index in [0.717, 1.165) is 64.2 Å². The molecule has 0 spiro atoms. The Hall–Kier alpha value is -0.990. The lowest BCUT2D eigenvalue weighted by molar-refractivity contribution is -0.116. The molecule has 41 heavy (non-hydrogen) atoms. The molecule has 0 aromatic heterocycles. The molecule has 1 N–H and O–H groups in total. The second-order valence-corrected chi connectivity index (χ2v) is 14.2. The molecule has 240 valence electrons. The van der Waals surface area contributed by atoms with Crippen LogP contribution in [0.3, 0.4) is 0 Å². The summed E-state index contributed by atoms with van der Waals surface area (Å²) in [5.41, 5.74) is -1.49. The van der Waals surface area contributed by atoms with Crippen molar-refractivity contribution in [2.45, 2.75) is 194 Å². The van der Waals surface area contributed by atoms with Gasteiger partial charge in [0.1, 0.15) is 0 Å². The van der Waals surface area contributed by atoms with Crippen molar-refractivity contribution >= 4 is 18.4 Å². The predicted octanol–water partition coefficient (Wildman–Crippen LogP) is 12.4. The molecule has 0 amide bonds. The van der Waals surface area contributed by atoms with Crippen LogP contribution in [0.5, 0.6) is 0 Å². The quantitative estimate of drug-likeness (QED) is 0.0478. The first-order valence-corrected chi connectivity index (χ1v) is 19.3. The first kappa shape index (κ1) is 40.0. The van der Waals surface area contributed by atoms with E-state index in [2.05, 4.69) is 38.2 Å². The number of hydrogen-bond acceptors (Lipinski definition) is 3. The van der Waals surface area contributed by atoms with Crippen LogP contribution in [0.2, 0.25) is 0 Å². The monoisotopic (exact) mass is 594 g/mol. The minimum Gasteiger partial charge on any atom is -0.334 e. The largest absolute Gasteiger partial charge is 0.334 e. The highest BCUT2D eigenvalue weighted by atomic mass is 31.2. The highest BCUT2D eigenvalue weighted by Gasteiger charge is 2.35. The molecular formula is C36H67O4P. The first-order chi connectivity index (χ1) is 20.0. The summed E-state index contributed by atoms with van der Waals surface area (Å²) in [5.74, 6) is 0. The van der Waals surface area contributed by atoms with Crippen molar-refractivity contribution in [2.75, 3.05) is 0 Å². The van der Waals surface area contributed by atoms with Crippen molar-refractivity contribution in [1.82, 2.24) is 0 Å². The van der Waals surface area contributed by atoms with Gasteiger partial charge >= 0.3 is 7.37 Å². The Bertz CT molecular complexity index is 656. The van der Waals surface area contributed by atoms with E-state index >= 15 is 0 Å². The van der Waals surface area contributed by atoms with E-state index in [1.54, 1.807) is 0 Å². The normalized spacial score (nSPS) is 12.2. The second-order valence-electron chi connectivity index (χ2n) is 12.0. The van der Waals surface area contributed by atoms with Crippen LogP contribution in [0, 0.1) is 0 Å². The lowest BCUT2D eigenvalue weighted by Gasteiger charge is -2.09. The molecule has 0 aromatic carbocycles. The maximum Gasteiger partial charge on any atom is 0.328 e. The van der Waals surface area contributed by atoms with Gasteiger partial charge in [0.15, 0.2) is 0 Å². The van der Waals surface area contributed by atoms with E-state index in [1.165, 1.54) is 89.9 Å². The summed E-state index contributed by atoms with van der Waals surface area (Å²) < 4.78 is 12.4. The zero-order valence-corrected chi connectivity index (χ0v) is 28.1. The fourth-order valence-electron chi connectivity index (χ4n) is 5.14. The molecule has 0 aliphatic carbocycles. The van der Waals surface area contributed by atoms with Crippen LogP contribution in [0.15, 0.2) is 24.3 Å². The molecule has 0 aliphatic heterocycles. The zero-order chi connectivity index (χ0) is 30.3. The minimum absolute atomic E-state index is 0.0457. The van der Waals surface area contributed by atoms with E-state index in [1.807, 2.05) is 0 Å². The van der Waals surface area contributed by atoms with Gasteiger partial charge in [-0.15, -0.1) is 0 Å². The fraction of sp³-hybridized carbons (Fsp3) is 0.833. The Morgan fingerprint density at radius 3 is 0.976 bits per heavy atom. The van der Waals surface area contributed by atoms with Gasteiger partial charge in [-0.25, -0.2) is 0 Å². The first-order valence-electron chi connectivity index (χ1n) is 17.7. The maximum absolute atomic E-state index is 12.4. The third-order valence-corrected chi connectivity index (χ3v) is 9.78. The molecule has 0 atom stereocenters. The molecule has 0 bridgehead atoms. The second kappa shape index (κ2) is 30.5. The number of unbranched alkanes of at least 4 members (excludes halogenated alkanes) is 22. The van der Waals surface area contributed by atoms with E-state index in [-0.39, 0.29) is 12.8 Å². The summed E-state index contributed by atoms with van der Waals surface area (Å²) >= 11 is 0. The van der Waals surface area contributed by atoms with Crippen LogP contribution in [0.1, 0.15) is 194 Å². The highest BCUT2D eigenvalue weighted by molar-refractivity contribution is 7.89. The van der Waals surface area contributed by atoms with Crippen molar-refractivity contribution < 1.29 is 19.0 Å². The van der Waals surface area contributed by atoms with Gasteiger partial charge in [-0.1, -0.05) is 141 Å². The molecule has 0 rings (SSSR count). The van der Waals surface area contributed by atoms with Crippen molar-refractivity contribution in [1.29, 1.82) is 0 Å². The number of allylic oxidation sites excluding steroid dienone is 4. The summed E-state index contributed by atoms with van der Waals surface area (Å²) in [6, 6.07) is 0. The summed E-state index contributed by atoms with van der Waals surface area (Å²) in [6.45, 7) is 4.50. The van der Waals surface area contributed by atoms with E-state index in [4.69, 9.17) is 0 Å². The van der Waals surface area contributed by atoms with E-state index in [9.17, 15) is 19.0 Å². The van der Waals surface area contributed by atoms with Crippen LogP contribution in [0.4, 0.5) is 0 Å². The van der Waals surface area contributed by atoms with Crippen LogP contribution in [-0.2, 0) is 14.2 Å². The third kappa shape index (κ3) is 26.4. The molecule has 5 heteroatoms. The average Bonchev–Trinajstić information content (AvgIpc) is 2.96. The smallest absolute Gasteiger partial charge is 0.328 e. The van der Waals surface area contributed by atoms with Crippen LogP contribution >= 0.6 is 7.37 Å². The van der Waals surface area contributed by atoms with Crippen LogP contribution in [0.25, 0.3) is 0 Å². The van der Waals surface area contributed by atoms with Gasteiger partial charge in [-0.05, 0) is 64.2 Å². The Morgan fingerprint density at radius 2 is 0.683 bits per heavy atom. The molecule has 0 saturated heterocycles. The molecule has 0 saturated carbocycles. The summed E-state index contributed by atoms with van der Waals surface area (Å²) in [7, 11) is -4.35. The molecule has 0 aliphatic rings. The molecular weight excluding hydrogens is 527 g/mol. The van der Waals surface area contributed by atoms with Crippen molar-refractivity contribution in [2.24, 2.45) is 0 Å². The topological polar surface area (TPSA) is 71.4 Å². The highest BCUT2D eigenvalue weighted by Crippen LogP contribution is 2.45. The standard InChI is InChI=1S/C36H67O4P/c1-3-5-7-9-11-13-15-17-19-21-23-25-27-29-31-33-35(37)41(39,40)36(38)34-32-30-28-26-24-22-20-18-16-14-12-10-8-6-4-2/h17-20H,3-16,21-34H2,1-2H3,(H,39,40)/b19-17-,20-18-. The van der Waals surface area contributed by atoms with E-state index in [0.29, 0.717) is 12.8 Å². The van der Waals surface area contributed by atoms with Gasteiger partial charge in [0, 0.05) is 12.8 Å². The number of hydrogen-bond donors (Lipinski definition) is 1. The maximum atomic E-state index is 12.4. The van der Waals surface area contributed by atoms with Gasteiger partial charge in [0.25, 0.3) is 0 Å². The van der Waals surface area contributed by atoms with Crippen molar-refractivity contribution in [3.05, 3.63) is 24.3 Å². The van der Waals surface area contributed by atoms with E-state index < -0.39 is 18.4 Å². The lowest BCUT2D eigenvalue weighted by Crippen LogP contribution is -2.09. The van der Waals surface area contributed by atoms with Crippen molar-refractivity contribution in [3.8, 4) is 0 Å². The third-order valence-electron chi connectivity index (χ3n) is 7.98. The van der Waals surface area contributed by atoms with Crippen LogP contribution < -0.4 is 0 Å². The Labute approximate surface area is 255 Å². The Balaban J connectivity index is 3.66. The summed E-state index contributed by atoms with van der Waals surface area (Å²) in [5, 5.41) is 0. The lowest BCUT2D eigenvalue weighted by atomic mass is 10.1. The SMILES string of the molecule is CCCCCCCC/C=C\CCCCCCCC(=O)P(=O)(O)C(=O)CCCCCCC/C=C\CCCCCCCC. The minimum atomic E-state index is -4.35. The zero-order valence-electron chi connectivity index (χ0n) is 27.2. The predicted molar refractivity (Wildman–Crippen MR) is 179 cm³/mol. The van der Waals surface area contributed by atoms with Gasteiger partial charge in [0.05, 0.1) is 0 Å². The summed E-state index contributed by atoms with van der Waals surface area (Å²) in [6.07, 6.45) is 39.4. The number of rotatable bonds is 32. The molecule has 0 radical (unpaired) electrons. The average molecular weight is 595 g/mol. The molecule has 0 unspecified atom stereocenters. The Morgan fingerprint density at radius 1 is 0.439 bits per heavy atom. The van der Waals surface area contributed by atoms with Gasteiger partial charge in [0.2, 0.25) is 11.0 Å². The van der Waals surface area contributed by atoms with Gasteiger partial charge in [-0.2, -0.15) is 0 Å². The van der Waals surface area contributed by atoms with Crippen LogP contribution in [-0.4, -0.2) is 15.9 Å². The molecule has 0 heterocycles.